The van der Waals surface area contributed by atoms with Gasteiger partial charge in [0.05, 0.1) is 10.2 Å². The summed E-state index contributed by atoms with van der Waals surface area (Å²) in [5.41, 5.74) is 6.92. The Balaban J connectivity index is 2.24. The predicted octanol–water partition coefficient (Wildman–Crippen LogP) is 1.48. The topological polar surface area (TPSA) is 55.0 Å². The average Bonchev–Trinajstić information content (AvgIpc) is 2.22. The Morgan fingerprint density at radius 2 is 2.33 bits per heavy atom. The van der Waals surface area contributed by atoms with E-state index >= 15 is 0 Å². The van der Waals surface area contributed by atoms with Gasteiger partial charge in [-0.15, -0.1) is 0 Å². The fourth-order valence-corrected chi connectivity index (χ4v) is 2.32. The van der Waals surface area contributed by atoms with Gasteiger partial charge in [-0.05, 0) is 35.7 Å². The minimum atomic E-state index is 0.265. The van der Waals surface area contributed by atoms with E-state index in [0.29, 0.717) is 0 Å². The Labute approximate surface area is 98.0 Å². The van der Waals surface area contributed by atoms with Crippen molar-refractivity contribution in [3.05, 3.63) is 16.5 Å². The van der Waals surface area contributed by atoms with E-state index in [-0.39, 0.29) is 6.04 Å². The quantitative estimate of drug-likeness (QED) is 0.840. The van der Waals surface area contributed by atoms with E-state index in [1.165, 1.54) is 0 Å². The molecule has 2 heterocycles. The maximum absolute atomic E-state index is 5.95. The van der Waals surface area contributed by atoms with Gasteiger partial charge in [-0.1, -0.05) is 0 Å². The molecule has 1 atom stereocenters. The minimum absolute atomic E-state index is 0.265. The van der Waals surface area contributed by atoms with Gasteiger partial charge >= 0.3 is 0 Å². The number of aryl methyl sites for hydroxylation is 1. The SMILES string of the molecule is Cc1ncnc(N2CCCC(N)C2)c1Br. The molecule has 2 N–H and O–H groups in total. The van der Waals surface area contributed by atoms with Crippen molar-refractivity contribution < 1.29 is 0 Å². The zero-order valence-corrected chi connectivity index (χ0v) is 10.4. The molecule has 2 rings (SSSR count). The summed E-state index contributed by atoms with van der Waals surface area (Å²) >= 11 is 3.53. The van der Waals surface area contributed by atoms with E-state index in [0.717, 1.165) is 41.9 Å². The van der Waals surface area contributed by atoms with E-state index in [4.69, 9.17) is 5.73 Å². The molecule has 4 nitrogen and oxygen atoms in total. The number of anilines is 1. The van der Waals surface area contributed by atoms with Gasteiger partial charge in [0.15, 0.2) is 0 Å². The first-order valence-electron chi connectivity index (χ1n) is 5.16. The fraction of sp³-hybridized carbons (Fsp3) is 0.600. The predicted molar refractivity (Wildman–Crippen MR) is 63.9 cm³/mol. The number of hydrogen-bond acceptors (Lipinski definition) is 4. The van der Waals surface area contributed by atoms with Crippen LogP contribution in [0.1, 0.15) is 18.5 Å². The Bertz CT molecular complexity index is 355. The third-order valence-electron chi connectivity index (χ3n) is 2.70. The number of piperidine rings is 1. The Kier molecular flexibility index (Phi) is 3.21. The molecule has 0 amide bonds. The van der Waals surface area contributed by atoms with Crippen molar-refractivity contribution in [2.45, 2.75) is 25.8 Å². The number of halogens is 1. The summed E-state index contributed by atoms with van der Waals surface area (Å²) in [7, 11) is 0. The number of nitrogens with two attached hydrogens (primary N) is 1. The van der Waals surface area contributed by atoms with Gasteiger partial charge in [-0.25, -0.2) is 9.97 Å². The molecule has 1 fully saturated rings. The maximum atomic E-state index is 5.95. The van der Waals surface area contributed by atoms with Gasteiger partial charge in [-0.3, -0.25) is 0 Å². The highest BCUT2D eigenvalue weighted by molar-refractivity contribution is 9.10. The lowest BCUT2D eigenvalue weighted by Crippen LogP contribution is -2.43. The fourth-order valence-electron chi connectivity index (χ4n) is 1.87. The van der Waals surface area contributed by atoms with Crippen LogP contribution in [0, 0.1) is 6.92 Å². The molecule has 1 saturated heterocycles. The number of hydrogen-bond donors (Lipinski definition) is 1. The second kappa shape index (κ2) is 4.45. The standard InChI is InChI=1S/C10H15BrN4/c1-7-9(11)10(14-6-13-7)15-4-2-3-8(12)5-15/h6,8H,2-5,12H2,1H3. The molecule has 0 aromatic carbocycles. The van der Waals surface area contributed by atoms with Crippen molar-refractivity contribution in [1.29, 1.82) is 0 Å². The van der Waals surface area contributed by atoms with E-state index < -0.39 is 0 Å². The molecular formula is C10H15BrN4. The van der Waals surface area contributed by atoms with Gasteiger partial charge in [0.2, 0.25) is 0 Å². The lowest BCUT2D eigenvalue weighted by molar-refractivity contribution is 0.502. The van der Waals surface area contributed by atoms with Crippen LogP contribution in [0.25, 0.3) is 0 Å². The molecule has 0 spiro atoms. The third-order valence-corrected chi connectivity index (χ3v) is 3.63. The van der Waals surface area contributed by atoms with E-state index in [1.807, 2.05) is 6.92 Å². The number of rotatable bonds is 1. The second-order valence-electron chi connectivity index (χ2n) is 3.94. The zero-order valence-electron chi connectivity index (χ0n) is 8.78. The van der Waals surface area contributed by atoms with Gasteiger partial charge < -0.3 is 10.6 Å². The van der Waals surface area contributed by atoms with E-state index in [1.54, 1.807) is 6.33 Å². The highest BCUT2D eigenvalue weighted by atomic mass is 79.9. The summed E-state index contributed by atoms with van der Waals surface area (Å²) in [6.07, 6.45) is 3.85. The van der Waals surface area contributed by atoms with E-state index in [2.05, 4.69) is 30.8 Å². The van der Waals surface area contributed by atoms with Crippen LogP contribution in [-0.4, -0.2) is 29.1 Å². The van der Waals surface area contributed by atoms with Crippen molar-refractivity contribution in [3.63, 3.8) is 0 Å². The van der Waals surface area contributed by atoms with Crippen LogP contribution in [0.5, 0.6) is 0 Å². The molecule has 1 aliphatic rings. The summed E-state index contributed by atoms with van der Waals surface area (Å²) in [6.45, 7) is 3.89. The monoisotopic (exact) mass is 270 g/mol. The highest BCUT2D eigenvalue weighted by Crippen LogP contribution is 2.27. The molecule has 82 valence electrons. The van der Waals surface area contributed by atoms with Crippen LogP contribution in [0.15, 0.2) is 10.8 Å². The van der Waals surface area contributed by atoms with Crippen LogP contribution in [0.4, 0.5) is 5.82 Å². The van der Waals surface area contributed by atoms with Crippen LogP contribution in [-0.2, 0) is 0 Å². The van der Waals surface area contributed by atoms with Crippen LogP contribution in [0.2, 0.25) is 0 Å². The Morgan fingerprint density at radius 3 is 3.07 bits per heavy atom. The minimum Gasteiger partial charge on any atom is -0.354 e. The molecule has 15 heavy (non-hydrogen) atoms. The lowest BCUT2D eigenvalue weighted by Gasteiger charge is -2.32. The van der Waals surface area contributed by atoms with E-state index in [9.17, 15) is 0 Å². The molecule has 0 radical (unpaired) electrons. The Hall–Kier alpha value is -0.680. The van der Waals surface area contributed by atoms with Crippen molar-refractivity contribution in [2.24, 2.45) is 5.73 Å². The summed E-state index contributed by atoms with van der Waals surface area (Å²) in [4.78, 5) is 10.7. The molecule has 1 aromatic rings. The maximum Gasteiger partial charge on any atom is 0.146 e. The van der Waals surface area contributed by atoms with Crippen LogP contribution >= 0.6 is 15.9 Å². The van der Waals surface area contributed by atoms with Crippen molar-refractivity contribution in [3.8, 4) is 0 Å². The largest absolute Gasteiger partial charge is 0.354 e. The molecule has 5 heteroatoms. The average molecular weight is 271 g/mol. The summed E-state index contributed by atoms with van der Waals surface area (Å²) < 4.78 is 0.985. The number of nitrogens with zero attached hydrogens (tertiary/aromatic N) is 3. The second-order valence-corrected chi connectivity index (χ2v) is 4.74. The smallest absolute Gasteiger partial charge is 0.146 e. The van der Waals surface area contributed by atoms with Crippen LogP contribution in [0.3, 0.4) is 0 Å². The molecule has 0 aliphatic carbocycles. The third kappa shape index (κ3) is 2.29. The van der Waals surface area contributed by atoms with Crippen LogP contribution < -0.4 is 10.6 Å². The molecule has 0 saturated carbocycles. The highest BCUT2D eigenvalue weighted by Gasteiger charge is 2.20. The summed E-state index contributed by atoms with van der Waals surface area (Å²) in [6, 6.07) is 0.265. The molecular weight excluding hydrogens is 256 g/mol. The van der Waals surface area contributed by atoms with Gasteiger partial charge in [0.1, 0.15) is 12.1 Å². The first-order valence-corrected chi connectivity index (χ1v) is 5.95. The zero-order chi connectivity index (χ0) is 10.8. The Morgan fingerprint density at radius 1 is 1.53 bits per heavy atom. The molecule has 1 aromatic heterocycles. The van der Waals surface area contributed by atoms with Gasteiger partial charge in [0, 0.05) is 19.1 Å². The summed E-state index contributed by atoms with van der Waals surface area (Å²) in [5, 5.41) is 0. The van der Waals surface area contributed by atoms with Gasteiger partial charge in [0.25, 0.3) is 0 Å². The summed E-state index contributed by atoms with van der Waals surface area (Å²) in [5.74, 6) is 0.970. The first-order chi connectivity index (χ1) is 7.18. The molecule has 1 unspecified atom stereocenters. The van der Waals surface area contributed by atoms with Gasteiger partial charge in [-0.2, -0.15) is 0 Å². The normalized spacial score (nSPS) is 21.8. The van der Waals surface area contributed by atoms with Crippen molar-refractivity contribution >= 4 is 21.7 Å². The molecule has 1 aliphatic heterocycles. The van der Waals surface area contributed by atoms with Crippen molar-refractivity contribution in [2.75, 3.05) is 18.0 Å². The number of aromatic nitrogens is 2. The van der Waals surface area contributed by atoms with Crippen molar-refractivity contribution in [1.82, 2.24) is 9.97 Å². The molecule has 0 bridgehead atoms. The first kappa shape index (κ1) is 10.8. The lowest BCUT2D eigenvalue weighted by atomic mass is 10.1.